The number of pyridine rings is 2. The molecule has 0 aliphatic carbocycles. The Morgan fingerprint density at radius 3 is 2.79 bits per heavy atom. The molecule has 9 heteroatoms. The minimum atomic E-state index is -2.44. The highest BCUT2D eigenvalue weighted by atomic mass is 19.3. The van der Waals surface area contributed by atoms with Gasteiger partial charge in [-0.1, -0.05) is 19.1 Å². The molecule has 0 bridgehead atoms. The maximum Gasteiger partial charge on any atom is 0.250 e. The van der Waals surface area contributed by atoms with Gasteiger partial charge in [0, 0.05) is 36.4 Å². The molecule has 1 unspecified atom stereocenters. The number of Topliss-reactive ketones (excluding diaryl/α,β-unsaturated/α-hetero) is 1. The standard InChI is InChI=1S/C30H33F2N5O2/c1-4-21-23(26-15-34-29-13-18(2)9-11-37(26)29)5-7-24(30(21)19(3)38)35-28-8-6-22(20-10-12-39-17-20)25(36-28)14-33-16-27(31)32/h5-9,11,13,15,20,27,33H,4,10,12,14,16-17H2,1-3H3,(H,35,36). The van der Waals surface area contributed by atoms with Gasteiger partial charge in [0.15, 0.2) is 5.78 Å². The number of hydrogen-bond acceptors (Lipinski definition) is 6. The summed E-state index contributed by atoms with van der Waals surface area (Å²) >= 11 is 0. The van der Waals surface area contributed by atoms with Crippen LogP contribution in [0.4, 0.5) is 20.3 Å². The Balaban J connectivity index is 1.52. The van der Waals surface area contributed by atoms with E-state index < -0.39 is 13.0 Å². The number of alkyl halides is 2. The maximum absolute atomic E-state index is 13.0. The molecule has 1 saturated heterocycles. The van der Waals surface area contributed by atoms with E-state index in [2.05, 4.69) is 15.6 Å². The zero-order chi connectivity index (χ0) is 27.5. The summed E-state index contributed by atoms with van der Waals surface area (Å²) in [5.74, 6) is 0.677. The third kappa shape index (κ3) is 5.69. The lowest BCUT2D eigenvalue weighted by Crippen LogP contribution is -2.23. The molecule has 1 fully saturated rings. The summed E-state index contributed by atoms with van der Waals surface area (Å²) in [5, 5.41) is 6.14. The first-order valence-electron chi connectivity index (χ1n) is 13.3. The minimum Gasteiger partial charge on any atom is -0.381 e. The second-order valence-electron chi connectivity index (χ2n) is 9.94. The van der Waals surface area contributed by atoms with Gasteiger partial charge in [-0.25, -0.2) is 18.7 Å². The second-order valence-corrected chi connectivity index (χ2v) is 9.94. The summed E-state index contributed by atoms with van der Waals surface area (Å²) in [5.41, 5.74) is 7.73. The van der Waals surface area contributed by atoms with E-state index >= 15 is 0 Å². The number of nitrogens with one attached hydrogen (secondary N) is 2. The van der Waals surface area contributed by atoms with E-state index in [0.29, 0.717) is 42.4 Å². The van der Waals surface area contributed by atoms with Crippen molar-refractivity contribution in [1.82, 2.24) is 19.7 Å². The van der Waals surface area contributed by atoms with Crippen molar-refractivity contribution in [3.8, 4) is 11.3 Å². The van der Waals surface area contributed by atoms with Crippen molar-refractivity contribution in [3.05, 3.63) is 76.7 Å². The van der Waals surface area contributed by atoms with Crippen molar-refractivity contribution in [2.45, 2.75) is 52.5 Å². The van der Waals surface area contributed by atoms with Crippen LogP contribution in [0, 0.1) is 6.92 Å². The van der Waals surface area contributed by atoms with Crippen molar-refractivity contribution < 1.29 is 18.3 Å². The Kier molecular flexibility index (Phi) is 7.99. The van der Waals surface area contributed by atoms with Gasteiger partial charge in [0.2, 0.25) is 0 Å². The number of hydrogen-bond donors (Lipinski definition) is 2. The molecule has 1 aliphatic rings. The summed E-state index contributed by atoms with van der Waals surface area (Å²) in [6.45, 7) is 6.71. The van der Waals surface area contributed by atoms with Crippen molar-refractivity contribution in [3.63, 3.8) is 0 Å². The van der Waals surface area contributed by atoms with E-state index in [4.69, 9.17) is 9.72 Å². The molecule has 1 aromatic carbocycles. The van der Waals surface area contributed by atoms with Crippen LogP contribution in [0.15, 0.2) is 48.8 Å². The first-order chi connectivity index (χ1) is 18.9. The van der Waals surface area contributed by atoms with Gasteiger partial charge in [-0.15, -0.1) is 0 Å². The van der Waals surface area contributed by atoms with E-state index in [9.17, 15) is 13.6 Å². The fourth-order valence-corrected chi connectivity index (χ4v) is 5.36. The number of carbonyl (C=O) groups is 1. The normalized spacial score (nSPS) is 15.4. The van der Waals surface area contributed by atoms with Crippen LogP contribution in [0.25, 0.3) is 16.9 Å². The summed E-state index contributed by atoms with van der Waals surface area (Å²) in [7, 11) is 0. The number of fused-ring (bicyclic) bond motifs is 1. The molecule has 3 aromatic heterocycles. The van der Waals surface area contributed by atoms with Crippen LogP contribution in [0.5, 0.6) is 0 Å². The van der Waals surface area contributed by atoms with E-state index in [1.54, 1.807) is 6.92 Å². The number of ketones is 1. The number of benzene rings is 1. The van der Waals surface area contributed by atoms with Crippen LogP contribution >= 0.6 is 0 Å². The van der Waals surface area contributed by atoms with Crippen LogP contribution in [0.2, 0.25) is 0 Å². The summed E-state index contributed by atoms with van der Waals surface area (Å²) in [4.78, 5) is 22.3. The highest BCUT2D eigenvalue weighted by Crippen LogP contribution is 2.35. The Labute approximate surface area is 226 Å². The van der Waals surface area contributed by atoms with Gasteiger partial charge < -0.3 is 15.4 Å². The van der Waals surface area contributed by atoms with E-state index in [1.165, 1.54) is 0 Å². The van der Waals surface area contributed by atoms with Crippen molar-refractivity contribution >= 4 is 22.9 Å². The zero-order valence-corrected chi connectivity index (χ0v) is 22.4. The van der Waals surface area contributed by atoms with Crippen molar-refractivity contribution in [2.24, 2.45) is 0 Å². The lowest BCUT2D eigenvalue weighted by Gasteiger charge is -2.19. The molecular formula is C30H33F2N5O2. The average molecular weight is 534 g/mol. The van der Waals surface area contributed by atoms with Crippen LogP contribution in [0.3, 0.4) is 0 Å². The molecule has 4 heterocycles. The molecule has 39 heavy (non-hydrogen) atoms. The fraction of sp³-hybridized carbons (Fsp3) is 0.367. The molecule has 0 amide bonds. The highest BCUT2D eigenvalue weighted by molar-refractivity contribution is 6.03. The molecule has 5 rings (SSSR count). The summed E-state index contributed by atoms with van der Waals surface area (Å²) < 4.78 is 33.1. The Hall–Kier alpha value is -3.69. The predicted octanol–water partition coefficient (Wildman–Crippen LogP) is 6.07. The zero-order valence-electron chi connectivity index (χ0n) is 22.4. The maximum atomic E-state index is 13.0. The van der Waals surface area contributed by atoms with Crippen molar-refractivity contribution in [2.75, 3.05) is 25.1 Å². The predicted molar refractivity (Wildman–Crippen MR) is 148 cm³/mol. The number of imidazole rings is 1. The van der Waals surface area contributed by atoms with Gasteiger partial charge in [-0.2, -0.15) is 0 Å². The number of ether oxygens (including phenoxy) is 1. The molecule has 204 valence electrons. The fourth-order valence-electron chi connectivity index (χ4n) is 5.36. The van der Waals surface area contributed by atoms with Gasteiger partial charge in [0.1, 0.15) is 11.5 Å². The number of aryl methyl sites for hydroxylation is 1. The lowest BCUT2D eigenvalue weighted by molar-refractivity contribution is 0.101. The number of anilines is 2. The number of halogens is 2. The Morgan fingerprint density at radius 1 is 1.23 bits per heavy atom. The minimum absolute atomic E-state index is 0.0561. The number of carbonyl (C=O) groups excluding carboxylic acids is 1. The van der Waals surface area contributed by atoms with Crippen LogP contribution < -0.4 is 10.6 Å². The van der Waals surface area contributed by atoms with Crippen LogP contribution in [-0.2, 0) is 17.7 Å². The van der Waals surface area contributed by atoms with Gasteiger partial charge >= 0.3 is 0 Å². The van der Waals surface area contributed by atoms with Crippen LogP contribution in [0.1, 0.15) is 58.9 Å². The van der Waals surface area contributed by atoms with E-state index in [1.807, 2.05) is 67.0 Å². The third-order valence-electron chi connectivity index (χ3n) is 7.20. The van der Waals surface area contributed by atoms with Gasteiger partial charge in [-0.3, -0.25) is 9.20 Å². The largest absolute Gasteiger partial charge is 0.381 e. The summed E-state index contributed by atoms with van der Waals surface area (Å²) in [6, 6.07) is 11.8. The molecule has 1 aliphatic heterocycles. The second kappa shape index (κ2) is 11.6. The molecule has 0 saturated carbocycles. The first-order valence-corrected chi connectivity index (χ1v) is 13.3. The topological polar surface area (TPSA) is 80.6 Å². The molecular weight excluding hydrogens is 500 g/mol. The number of aromatic nitrogens is 3. The average Bonchev–Trinajstić information content (AvgIpc) is 3.58. The molecule has 0 spiro atoms. The van der Waals surface area contributed by atoms with E-state index in [-0.39, 0.29) is 18.2 Å². The summed E-state index contributed by atoms with van der Waals surface area (Å²) in [6.07, 6.45) is 2.92. The quantitative estimate of drug-likeness (QED) is 0.241. The SMILES string of the molecule is CCc1c(-c2cnc3cc(C)ccn23)ccc(Nc2ccc(C3CCOC3)c(CNCC(F)F)n2)c1C(C)=O. The van der Waals surface area contributed by atoms with Crippen molar-refractivity contribution in [1.29, 1.82) is 0 Å². The monoisotopic (exact) mass is 533 g/mol. The molecule has 7 nitrogen and oxygen atoms in total. The van der Waals surface area contributed by atoms with Gasteiger partial charge in [-0.05, 0) is 67.6 Å². The number of nitrogens with zero attached hydrogens (tertiary/aromatic N) is 3. The molecule has 0 radical (unpaired) electrons. The lowest BCUT2D eigenvalue weighted by atomic mass is 9.93. The third-order valence-corrected chi connectivity index (χ3v) is 7.20. The first kappa shape index (κ1) is 26.9. The highest BCUT2D eigenvalue weighted by Gasteiger charge is 2.23. The Bertz CT molecular complexity index is 1490. The molecule has 2 N–H and O–H groups in total. The van der Waals surface area contributed by atoms with Gasteiger partial charge in [0.05, 0.1) is 36.4 Å². The van der Waals surface area contributed by atoms with Crippen LogP contribution in [-0.4, -0.2) is 46.3 Å². The molecule has 1 atom stereocenters. The van der Waals surface area contributed by atoms with E-state index in [0.717, 1.165) is 40.0 Å². The smallest absolute Gasteiger partial charge is 0.250 e. The molecule has 4 aromatic rings. The Morgan fingerprint density at radius 2 is 2.08 bits per heavy atom. The van der Waals surface area contributed by atoms with Gasteiger partial charge in [0.25, 0.3) is 6.43 Å². The number of rotatable bonds is 10.